The van der Waals surface area contributed by atoms with Gasteiger partial charge in [-0.2, -0.15) is 0 Å². The molecular formula is C14H12BrF2NO. The van der Waals surface area contributed by atoms with Crippen LogP contribution in [-0.4, -0.2) is 7.11 Å². The lowest BCUT2D eigenvalue weighted by molar-refractivity contribution is 0.413. The summed E-state index contributed by atoms with van der Waals surface area (Å²) in [5.41, 5.74) is 1.13. The van der Waals surface area contributed by atoms with Crippen molar-refractivity contribution < 1.29 is 13.5 Å². The summed E-state index contributed by atoms with van der Waals surface area (Å²) >= 11 is 3.29. The minimum Gasteiger partial charge on any atom is -0.494 e. The van der Waals surface area contributed by atoms with Crippen LogP contribution in [-0.2, 0) is 6.54 Å². The molecule has 2 nitrogen and oxygen atoms in total. The molecule has 0 aromatic heterocycles. The fourth-order valence-corrected chi connectivity index (χ4v) is 2.09. The monoisotopic (exact) mass is 327 g/mol. The predicted molar refractivity (Wildman–Crippen MR) is 74.4 cm³/mol. The average molecular weight is 328 g/mol. The first-order valence-electron chi connectivity index (χ1n) is 5.61. The van der Waals surface area contributed by atoms with Crippen molar-refractivity contribution in [2.24, 2.45) is 0 Å². The molecule has 19 heavy (non-hydrogen) atoms. The van der Waals surface area contributed by atoms with Gasteiger partial charge in [0.2, 0.25) is 0 Å². The first-order chi connectivity index (χ1) is 9.10. The van der Waals surface area contributed by atoms with Crippen LogP contribution in [0.15, 0.2) is 40.9 Å². The second kappa shape index (κ2) is 6.02. The minimum absolute atomic E-state index is 0.285. The van der Waals surface area contributed by atoms with Gasteiger partial charge in [-0.3, -0.25) is 0 Å². The van der Waals surface area contributed by atoms with Gasteiger partial charge in [0, 0.05) is 22.6 Å². The number of hydrogen-bond donors (Lipinski definition) is 1. The van der Waals surface area contributed by atoms with Gasteiger partial charge in [0.25, 0.3) is 0 Å². The van der Waals surface area contributed by atoms with E-state index in [4.69, 9.17) is 4.74 Å². The van der Waals surface area contributed by atoms with Gasteiger partial charge in [0.15, 0.2) is 0 Å². The SMILES string of the molecule is COc1cc(F)ccc1NCc1cc(Br)ccc1F. The molecule has 0 saturated heterocycles. The van der Waals surface area contributed by atoms with Crippen LogP contribution in [0, 0.1) is 11.6 Å². The van der Waals surface area contributed by atoms with E-state index in [9.17, 15) is 8.78 Å². The Labute approximate surface area is 118 Å². The molecule has 0 aliphatic heterocycles. The molecule has 2 rings (SSSR count). The molecule has 0 aliphatic rings. The smallest absolute Gasteiger partial charge is 0.144 e. The Kier molecular flexibility index (Phi) is 4.37. The predicted octanol–water partition coefficient (Wildman–Crippen LogP) is 4.35. The van der Waals surface area contributed by atoms with Crippen molar-refractivity contribution in [1.82, 2.24) is 0 Å². The maximum Gasteiger partial charge on any atom is 0.144 e. The zero-order valence-corrected chi connectivity index (χ0v) is 11.8. The molecule has 100 valence electrons. The molecule has 0 radical (unpaired) electrons. The van der Waals surface area contributed by atoms with E-state index in [0.29, 0.717) is 17.0 Å². The lowest BCUT2D eigenvalue weighted by atomic mass is 10.2. The van der Waals surface area contributed by atoms with Crippen molar-refractivity contribution in [3.05, 3.63) is 58.1 Å². The number of methoxy groups -OCH3 is 1. The highest BCUT2D eigenvalue weighted by molar-refractivity contribution is 9.10. The molecule has 0 bridgehead atoms. The summed E-state index contributed by atoms with van der Waals surface area (Å²) in [4.78, 5) is 0. The Morgan fingerprint density at radius 3 is 2.68 bits per heavy atom. The Hall–Kier alpha value is -1.62. The van der Waals surface area contributed by atoms with Gasteiger partial charge in [0.05, 0.1) is 12.8 Å². The largest absolute Gasteiger partial charge is 0.494 e. The lowest BCUT2D eigenvalue weighted by Crippen LogP contribution is -2.03. The van der Waals surface area contributed by atoms with Crippen molar-refractivity contribution in [2.75, 3.05) is 12.4 Å². The van der Waals surface area contributed by atoms with Gasteiger partial charge in [-0.15, -0.1) is 0 Å². The summed E-state index contributed by atoms with van der Waals surface area (Å²) in [5, 5.41) is 3.02. The van der Waals surface area contributed by atoms with E-state index in [-0.39, 0.29) is 18.2 Å². The molecular weight excluding hydrogens is 316 g/mol. The number of halogens is 3. The van der Waals surface area contributed by atoms with Crippen molar-refractivity contribution in [1.29, 1.82) is 0 Å². The first kappa shape index (κ1) is 13.8. The second-order valence-corrected chi connectivity index (χ2v) is 4.85. The van der Waals surface area contributed by atoms with Crippen LogP contribution in [0.4, 0.5) is 14.5 Å². The lowest BCUT2D eigenvalue weighted by Gasteiger charge is -2.12. The fraction of sp³-hybridized carbons (Fsp3) is 0.143. The van der Waals surface area contributed by atoms with Crippen LogP contribution in [0.5, 0.6) is 5.75 Å². The van der Waals surface area contributed by atoms with E-state index in [2.05, 4.69) is 21.2 Å². The van der Waals surface area contributed by atoms with Crippen LogP contribution in [0.1, 0.15) is 5.56 Å². The number of rotatable bonds is 4. The number of nitrogens with one attached hydrogen (secondary N) is 1. The zero-order chi connectivity index (χ0) is 13.8. The number of benzene rings is 2. The molecule has 0 spiro atoms. The third-order valence-corrected chi connectivity index (χ3v) is 3.13. The van der Waals surface area contributed by atoms with E-state index < -0.39 is 0 Å². The second-order valence-electron chi connectivity index (χ2n) is 3.93. The summed E-state index contributed by atoms with van der Waals surface area (Å²) in [6, 6.07) is 8.88. The summed E-state index contributed by atoms with van der Waals surface area (Å²) in [5.74, 6) is -0.289. The molecule has 0 saturated carbocycles. The molecule has 1 N–H and O–H groups in total. The van der Waals surface area contributed by atoms with E-state index in [1.165, 1.54) is 25.3 Å². The normalized spacial score (nSPS) is 10.3. The van der Waals surface area contributed by atoms with Crippen LogP contribution in [0.2, 0.25) is 0 Å². The number of ether oxygens (including phenoxy) is 1. The Balaban J connectivity index is 2.16. The fourth-order valence-electron chi connectivity index (χ4n) is 1.68. The van der Waals surface area contributed by atoms with Crippen LogP contribution < -0.4 is 10.1 Å². The standard InChI is InChI=1S/C14H12BrF2NO/c1-19-14-7-11(16)3-5-13(14)18-8-9-6-10(15)2-4-12(9)17/h2-7,18H,8H2,1H3. The van der Waals surface area contributed by atoms with E-state index >= 15 is 0 Å². The Morgan fingerprint density at radius 1 is 1.16 bits per heavy atom. The number of anilines is 1. The third-order valence-electron chi connectivity index (χ3n) is 2.64. The van der Waals surface area contributed by atoms with Gasteiger partial charge < -0.3 is 10.1 Å². The first-order valence-corrected chi connectivity index (χ1v) is 6.41. The van der Waals surface area contributed by atoms with Gasteiger partial charge in [-0.05, 0) is 30.3 Å². The molecule has 5 heteroatoms. The van der Waals surface area contributed by atoms with E-state index in [0.717, 1.165) is 4.47 Å². The van der Waals surface area contributed by atoms with Gasteiger partial charge in [-0.25, -0.2) is 8.78 Å². The molecule has 0 atom stereocenters. The minimum atomic E-state index is -0.379. The maximum atomic E-state index is 13.6. The summed E-state index contributed by atoms with van der Waals surface area (Å²) < 4.78 is 32.5. The highest BCUT2D eigenvalue weighted by Crippen LogP contribution is 2.26. The molecule has 0 unspecified atom stereocenters. The molecule has 0 amide bonds. The Morgan fingerprint density at radius 2 is 1.95 bits per heavy atom. The maximum absolute atomic E-state index is 13.6. The van der Waals surface area contributed by atoms with Crippen molar-refractivity contribution in [2.45, 2.75) is 6.54 Å². The van der Waals surface area contributed by atoms with E-state index in [1.54, 1.807) is 18.2 Å². The quantitative estimate of drug-likeness (QED) is 0.901. The highest BCUT2D eigenvalue weighted by atomic mass is 79.9. The van der Waals surface area contributed by atoms with Crippen LogP contribution in [0.25, 0.3) is 0 Å². The molecule has 2 aromatic rings. The van der Waals surface area contributed by atoms with Gasteiger partial charge in [0.1, 0.15) is 17.4 Å². The van der Waals surface area contributed by atoms with Crippen molar-refractivity contribution >= 4 is 21.6 Å². The summed E-state index contributed by atoms with van der Waals surface area (Å²) in [7, 11) is 1.46. The highest BCUT2D eigenvalue weighted by Gasteiger charge is 2.07. The van der Waals surface area contributed by atoms with Gasteiger partial charge >= 0.3 is 0 Å². The van der Waals surface area contributed by atoms with Crippen molar-refractivity contribution in [3.63, 3.8) is 0 Å². The van der Waals surface area contributed by atoms with Crippen LogP contribution >= 0.6 is 15.9 Å². The van der Waals surface area contributed by atoms with Crippen LogP contribution in [0.3, 0.4) is 0 Å². The molecule has 0 fully saturated rings. The molecule has 2 aromatic carbocycles. The summed E-state index contributed by atoms with van der Waals surface area (Å²) in [6.45, 7) is 0.285. The molecule has 0 heterocycles. The van der Waals surface area contributed by atoms with Gasteiger partial charge in [-0.1, -0.05) is 15.9 Å². The van der Waals surface area contributed by atoms with Crippen molar-refractivity contribution in [3.8, 4) is 5.75 Å². The average Bonchev–Trinajstić information content (AvgIpc) is 2.40. The summed E-state index contributed by atoms with van der Waals surface area (Å²) in [6.07, 6.45) is 0. The topological polar surface area (TPSA) is 21.3 Å². The van der Waals surface area contributed by atoms with E-state index in [1.807, 2.05) is 0 Å². The zero-order valence-electron chi connectivity index (χ0n) is 10.2. The third kappa shape index (κ3) is 3.44. The number of hydrogen-bond acceptors (Lipinski definition) is 2. The molecule has 0 aliphatic carbocycles. The Bertz CT molecular complexity index is 590.